The van der Waals surface area contributed by atoms with Crippen molar-refractivity contribution >= 4 is 0 Å². The molecule has 2 heteroatoms. The SMILES string of the molecule is CC.CC1C(C)N(C(C)C)CCN1C. The lowest BCUT2D eigenvalue weighted by atomic mass is 10.0. The number of hydrogen-bond donors (Lipinski definition) is 0. The number of nitrogens with zero attached hydrogens (tertiary/aromatic N) is 2. The van der Waals surface area contributed by atoms with Crippen molar-refractivity contribution in [2.45, 2.75) is 59.7 Å². The molecule has 0 aromatic rings. The summed E-state index contributed by atoms with van der Waals surface area (Å²) < 4.78 is 0. The van der Waals surface area contributed by atoms with Crippen LogP contribution in [-0.2, 0) is 0 Å². The van der Waals surface area contributed by atoms with E-state index in [2.05, 4.69) is 44.5 Å². The molecule has 0 bridgehead atoms. The van der Waals surface area contributed by atoms with Crippen LogP contribution in [0.2, 0.25) is 0 Å². The first-order valence-corrected chi connectivity index (χ1v) is 6.00. The van der Waals surface area contributed by atoms with Crippen LogP contribution in [0.25, 0.3) is 0 Å². The summed E-state index contributed by atoms with van der Waals surface area (Å²) in [7, 11) is 2.22. The molecule has 1 heterocycles. The van der Waals surface area contributed by atoms with Gasteiger partial charge in [-0.15, -0.1) is 0 Å². The minimum absolute atomic E-state index is 0.691. The number of piperazine rings is 1. The average molecular weight is 200 g/mol. The van der Waals surface area contributed by atoms with Crippen LogP contribution >= 0.6 is 0 Å². The summed E-state index contributed by atoms with van der Waals surface area (Å²) in [5.41, 5.74) is 0. The summed E-state index contributed by atoms with van der Waals surface area (Å²) in [6.07, 6.45) is 0. The Bertz CT molecular complexity index is 145. The molecule has 0 amide bonds. The van der Waals surface area contributed by atoms with Crippen molar-refractivity contribution < 1.29 is 0 Å². The fraction of sp³-hybridized carbons (Fsp3) is 1.00. The second-order valence-corrected chi connectivity index (χ2v) is 4.29. The topological polar surface area (TPSA) is 6.48 Å². The molecule has 0 spiro atoms. The third-order valence-corrected chi connectivity index (χ3v) is 3.29. The van der Waals surface area contributed by atoms with E-state index < -0.39 is 0 Å². The highest BCUT2D eigenvalue weighted by atomic mass is 15.3. The average Bonchev–Trinajstić information content (AvgIpc) is 2.17. The van der Waals surface area contributed by atoms with Crippen molar-refractivity contribution in [1.82, 2.24) is 9.80 Å². The summed E-state index contributed by atoms with van der Waals surface area (Å²) >= 11 is 0. The van der Waals surface area contributed by atoms with E-state index in [-0.39, 0.29) is 0 Å². The molecule has 0 radical (unpaired) electrons. The van der Waals surface area contributed by atoms with Gasteiger partial charge in [-0.25, -0.2) is 0 Å². The fourth-order valence-electron chi connectivity index (χ4n) is 2.05. The molecule has 1 saturated heterocycles. The normalized spacial score (nSPS) is 30.0. The van der Waals surface area contributed by atoms with Crippen molar-refractivity contribution in [2.24, 2.45) is 0 Å². The molecule has 1 rings (SSSR count). The Kier molecular flexibility index (Phi) is 6.38. The van der Waals surface area contributed by atoms with Gasteiger partial charge in [0.2, 0.25) is 0 Å². The van der Waals surface area contributed by atoms with Crippen molar-refractivity contribution in [3.05, 3.63) is 0 Å². The van der Waals surface area contributed by atoms with Crippen LogP contribution in [0.4, 0.5) is 0 Å². The second kappa shape index (κ2) is 6.41. The first kappa shape index (κ1) is 13.9. The van der Waals surface area contributed by atoms with Crippen molar-refractivity contribution in [3.8, 4) is 0 Å². The lowest BCUT2D eigenvalue weighted by Crippen LogP contribution is -2.57. The second-order valence-electron chi connectivity index (χ2n) is 4.29. The Balaban J connectivity index is 0.000000791. The summed E-state index contributed by atoms with van der Waals surface area (Å²) in [5, 5.41) is 0. The number of likely N-dealkylation sites (N-methyl/N-ethyl adjacent to an activating group) is 1. The monoisotopic (exact) mass is 200 g/mol. The lowest BCUT2D eigenvalue weighted by Gasteiger charge is -2.45. The molecule has 1 aliphatic rings. The van der Waals surface area contributed by atoms with Crippen LogP contribution in [-0.4, -0.2) is 48.1 Å². The van der Waals surface area contributed by atoms with E-state index in [1.807, 2.05) is 13.8 Å². The van der Waals surface area contributed by atoms with Crippen LogP contribution in [0.1, 0.15) is 41.5 Å². The summed E-state index contributed by atoms with van der Waals surface area (Å²) in [5.74, 6) is 0. The molecular weight excluding hydrogens is 172 g/mol. The fourth-order valence-corrected chi connectivity index (χ4v) is 2.05. The Morgan fingerprint density at radius 2 is 1.50 bits per heavy atom. The Morgan fingerprint density at radius 1 is 1.00 bits per heavy atom. The van der Waals surface area contributed by atoms with Gasteiger partial charge in [0.05, 0.1) is 0 Å². The van der Waals surface area contributed by atoms with Gasteiger partial charge in [-0.3, -0.25) is 4.90 Å². The van der Waals surface area contributed by atoms with E-state index in [1.165, 1.54) is 13.1 Å². The molecule has 0 N–H and O–H groups in total. The van der Waals surface area contributed by atoms with E-state index in [9.17, 15) is 0 Å². The van der Waals surface area contributed by atoms with Gasteiger partial charge in [-0.2, -0.15) is 0 Å². The van der Waals surface area contributed by atoms with E-state index in [0.717, 1.165) is 0 Å². The van der Waals surface area contributed by atoms with Crippen LogP contribution in [0, 0.1) is 0 Å². The standard InChI is InChI=1S/C10H22N2.C2H6/c1-8(2)12-7-6-11(5)9(3)10(12)4;1-2/h8-10H,6-7H2,1-5H3;1-2H3. The van der Waals surface area contributed by atoms with Gasteiger partial charge in [0.15, 0.2) is 0 Å². The highest BCUT2D eigenvalue weighted by Crippen LogP contribution is 2.17. The molecule has 2 atom stereocenters. The van der Waals surface area contributed by atoms with Crippen LogP contribution < -0.4 is 0 Å². The number of rotatable bonds is 1. The van der Waals surface area contributed by atoms with Gasteiger partial charge >= 0.3 is 0 Å². The zero-order chi connectivity index (χ0) is 11.3. The molecule has 2 nitrogen and oxygen atoms in total. The molecular formula is C12H28N2. The van der Waals surface area contributed by atoms with Crippen molar-refractivity contribution in [1.29, 1.82) is 0 Å². The Hall–Kier alpha value is -0.0800. The van der Waals surface area contributed by atoms with E-state index in [0.29, 0.717) is 18.1 Å². The van der Waals surface area contributed by atoms with E-state index in [1.54, 1.807) is 0 Å². The van der Waals surface area contributed by atoms with Gasteiger partial charge in [0, 0.05) is 31.2 Å². The van der Waals surface area contributed by atoms with Crippen LogP contribution in [0.3, 0.4) is 0 Å². The van der Waals surface area contributed by atoms with E-state index >= 15 is 0 Å². The van der Waals surface area contributed by atoms with Crippen molar-refractivity contribution in [2.75, 3.05) is 20.1 Å². The zero-order valence-corrected chi connectivity index (χ0v) is 11.0. The maximum atomic E-state index is 2.59. The minimum atomic E-state index is 0.691. The first-order valence-electron chi connectivity index (χ1n) is 6.00. The molecule has 0 saturated carbocycles. The van der Waals surface area contributed by atoms with Crippen LogP contribution in [0.5, 0.6) is 0 Å². The minimum Gasteiger partial charge on any atom is -0.301 e. The number of hydrogen-bond acceptors (Lipinski definition) is 2. The quantitative estimate of drug-likeness (QED) is 0.641. The highest BCUT2D eigenvalue weighted by Gasteiger charge is 2.29. The Morgan fingerprint density at radius 3 is 1.93 bits per heavy atom. The van der Waals surface area contributed by atoms with E-state index in [4.69, 9.17) is 0 Å². The molecule has 0 aliphatic carbocycles. The molecule has 1 aliphatic heterocycles. The third-order valence-electron chi connectivity index (χ3n) is 3.29. The molecule has 14 heavy (non-hydrogen) atoms. The molecule has 0 aromatic carbocycles. The Labute approximate surface area is 90.3 Å². The predicted molar refractivity (Wildman–Crippen MR) is 64.7 cm³/mol. The predicted octanol–water partition coefficient (Wildman–Crippen LogP) is 2.45. The third kappa shape index (κ3) is 3.25. The lowest BCUT2D eigenvalue weighted by molar-refractivity contribution is 0.0319. The summed E-state index contributed by atoms with van der Waals surface area (Å²) in [4.78, 5) is 5.04. The highest BCUT2D eigenvalue weighted by molar-refractivity contribution is 4.86. The van der Waals surface area contributed by atoms with Gasteiger partial charge in [0.25, 0.3) is 0 Å². The maximum Gasteiger partial charge on any atom is 0.0223 e. The largest absolute Gasteiger partial charge is 0.301 e. The van der Waals surface area contributed by atoms with Crippen molar-refractivity contribution in [3.63, 3.8) is 0 Å². The van der Waals surface area contributed by atoms with Gasteiger partial charge in [-0.1, -0.05) is 13.8 Å². The van der Waals surface area contributed by atoms with Crippen LogP contribution in [0.15, 0.2) is 0 Å². The van der Waals surface area contributed by atoms with Gasteiger partial charge in [0.1, 0.15) is 0 Å². The zero-order valence-electron chi connectivity index (χ0n) is 11.0. The molecule has 0 aromatic heterocycles. The summed E-state index contributed by atoms with van der Waals surface area (Å²) in [6, 6.07) is 2.08. The first-order chi connectivity index (χ1) is 6.54. The summed E-state index contributed by atoms with van der Waals surface area (Å²) in [6.45, 7) is 15.7. The molecule has 1 fully saturated rings. The van der Waals surface area contributed by atoms with Gasteiger partial charge in [-0.05, 0) is 34.7 Å². The molecule has 2 unspecified atom stereocenters. The van der Waals surface area contributed by atoms with Gasteiger partial charge < -0.3 is 4.90 Å². The maximum absolute atomic E-state index is 2.59. The molecule has 86 valence electrons. The smallest absolute Gasteiger partial charge is 0.0223 e.